The Morgan fingerprint density at radius 1 is 1.21 bits per heavy atom. The van der Waals surface area contributed by atoms with Crippen LogP contribution in [0.5, 0.6) is 0 Å². The minimum Gasteiger partial charge on any atom is -0.422 e. The summed E-state index contributed by atoms with van der Waals surface area (Å²) in [4.78, 5) is 11.1. The van der Waals surface area contributed by atoms with Crippen LogP contribution in [0.15, 0.2) is 33.5 Å². The highest BCUT2D eigenvalue weighted by atomic mass is 16.4. The smallest absolute Gasteiger partial charge is 0.336 e. The fourth-order valence-electron chi connectivity index (χ4n) is 1.73. The van der Waals surface area contributed by atoms with Gasteiger partial charge in [0, 0.05) is 11.5 Å². The fraction of sp³-hybridized carbons (Fsp3) is 0.250. The Bertz CT molecular complexity index is 523. The first-order chi connectivity index (χ1) is 6.72. The highest BCUT2D eigenvalue weighted by Gasteiger charge is 2.05. The second-order valence-corrected chi connectivity index (χ2v) is 3.39. The van der Waals surface area contributed by atoms with E-state index in [9.17, 15) is 4.79 Å². The largest absolute Gasteiger partial charge is 0.422 e. The summed E-state index contributed by atoms with van der Waals surface area (Å²) in [5.74, 6) is 0. The van der Waals surface area contributed by atoms with Crippen molar-refractivity contribution >= 4 is 11.0 Å². The van der Waals surface area contributed by atoms with Crippen molar-refractivity contribution in [3.8, 4) is 0 Å². The summed E-state index contributed by atoms with van der Waals surface area (Å²) in [5.41, 5.74) is 2.76. The highest BCUT2D eigenvalue weighted by molar-refractivity contribution is 5.80. The number of aryl methyl sites for hydroxylation is 2. The molecular weight excluding hydrogens is 176 g/mol. The molecule has 1 aromatic heterocycles. The third-order valence-electron chi connectivity index (χ3n) is 2.48. The first-order valence-electron chi connectivity index (χ1n) is 4.74. The lowest BCUT2D eigenvalue weighted by Crippen LogP contribution is -1.97. The first-order valence-corrected chi connectivity index (χ1v) is 4.74. The summed E-state index contributed by atoms with van der Waals surface area (Å²) >= 11 is 0. The molecule has 0 saturated carbocycles. The first kappa shape index (κ1) is 9.00. The van der Waals surface area contributed by atoms with Gasteiger partial charge in [-0.15, -0.1) is 0 Å². The van der Waals surface area contributed by atoms with Crippen LogP contribution in [0.3, 0.4) is 0 Å². The van der Waals surface area contributed by atoms with Gasteiger partial charge in [-0.2, -0.15) is 0 Å². The van der Waals surface area contributed by atoms with Crippen LogP contribution < -0.4 is 5.63 Å². The second-order valence-electron chi connectivity index (χ2n) is 3.39. The minimum atomic E-state index is -0.280. The molecule has 0 aliphatic carbocycles. The Morgan fingerprint density at radius 2 is 1.93 bits per heavy atom. The van der Waals surface area contributed by atoms with Gasteiger partial charge >= 0.3 is 5.63 Å². The molecule has 0 fully saturated rings. The molecule has 1 heterocycles. The molecule has 0 unspecified atom stereocenters. The van der Waals surface area contributed by atoms with E-state index >= 15 is 0 Å². The molecule has 0 atom stereocenters. The molecule has 2 aromatic rings. The van der Waals surface area contributed by atoms with Gasteiger partial charge in [-0.25, -0.2) is 4.79 Å². The van der Waals surface area contributed by atoms with Crippen LogP contribution >= 0.6 is 0 Å². The average molecular weight is 188 g/mol. The number of hydrogen-bond acceptors (Lipinski definition) is 2. The quantitative estimate of drug-likeness (QED) is 0.644. The van der Waals surface area contributed by atoms with E-state index in [1.54, 1.807) is 6.07 Å². The van der Waals surface area contributed by atoms with E-state index < -0.39 is 0 Å². The van der Waals surface area contributed by atoms with Crippen LogP contribution in [-0.4, -0.2) is 0 Å². The van der Waals surface area contributed by atoms with Gasteiger partial charge in [0.1, 0.15) is 5.58 Å². The van der Waals surface area contributed by atoms with Crippen molar-refractivity contribution in [2.75, 3.05) is 0 Å². The SMILES string of the molecule is CCc1c(C)ccc2ccc(=O)oc12. The summed E-state index contributed by atoms with van der Waals surface area (Å²) in [6, 6.07) is 7.30. The zero-order valence-electron chi connectivity index (χ0n) is 8.33. The lowest BCUT2D eigenvalue weighted by Gasteiger charge is -2.05. The van der Waals surface area contributed by atoms with Gasteiger partial charge in [0.25, 0.3) is 0 Å². The maximum Gasteiger partial charge on any atom is 0.336 e. The Hall–Kier alpha value is -1.57. The molecule has 2 nitrogen and oxygen atoms in total. The Kier molecular flexibility index (Phi) is 2.12. The Labute approximate surface area is 82.2 Å². The molecule has 0 amide bonds. The molecular formula is C12H12O2. The van der Waals surface area contributed by atoms with Gasteiger partial charge < -0.3 is 4.42 Å². The van der Waals surface area contributed by atoms with Crippen molar-refractivity contribution < 1.29 is 4.42 Å². The standard InChI is InChI=1S/C12H12O2/c1-3-10-8(2)4-5-9-6-7-11(13)14-12(9)10/h4-7H,3H2,1-2H3. The second kappa shape index (κ2) is 3.29. The van der Waals surface area contributed by atoms with E-state index in [0.29, 0.717) is 0 Å². The van der Waals surface area contributed by atoms with E-state index in [2.05, 4.69) is 13.0 Å². The van der Waals surface area contributed by atoms with Gasteiger partial charge in [0.05, 0.1) is 0 Å². The van der Waals surface area contributed by atoms with Crippen LogP contribution in [0.1, 0.15) is 18.1 Å². The lowest BCUT2D eigenvalue weighted by atomic mass is 10.0. The number of hydrogen-bond donors (Lipinski definition) is 0. The van der Waals surface area contributed by atoms with Crippen molar-refractivity contribution in [2.45, 2.75) is 20.3 Å². The predicted octanol–water partition coefficient (Wildman–Crippen LogP) is 2.66. The molecule has 0 N–H and O–H groups in total. The third-order valence-corrected chi connectivity index (χ3v) is 2.48. The van der Waals surface area contributed by atoms with Gasteiger partial charge in [-0.3, -0.25) is 0 Å². The molecule has 0 radical (unpaired) electrons. The van der Waals surface area contributed by atoms with Gasteiger partial charge in [0.15, 0.2) is 0 Å². The fourth-order valence-corrected chi connectivity index (χ4v) is 1.73. The van der Waals surface area contributed by atoms with Gasteiger partial charge in [0.2, 0.25) is 0 Å². The van der Waals surface area contributed by atoms with Crippen LogP contribution in [0.4, 0.5) is 0 Å². The molecule has 0 bridgehead atoms. The van der Waals surface area contributed by atoms with E-state index in [1.807, 2.05) is 13.0 Å². The normalized spacial score (nSPS) is 10.7. The summed E-state index contributed by atoms with van der Waals surface area (Å²) < 4.78 is 5.21. The monoisotopic (exact) mass is 188 g/mol. The minimum absolute atomic E-state index is 0.280. The molecule has 0 aliphatic rings. The zero-order chi connectivity index (χ0) is 10.1. The van der Waals surface area contributed by atoms with Crippen LogP contribution in [0, 0.1) is 6.92 Å². The van der Waals surface area contributed by atoms with Gasteiger partial charge in [-0.05, 0) is 30.5 Å². The number of rotatable bonds is 1. The molecule has 0 saturated heterocycles. The van der Waals surface area contributed by atoms with E-state index in [4.69, 9.17) is 4.42 Å². The number of benzene rings is 1. The molecule has 2 heteroatoms. The van der Waals surface area contributed by atoms with Crippen LogP contribution in [0.25, 0.3) is 11.0 Å². The summed E-state index contributed by atoms with van der Waals surface area (Å²) in [5, 5.41) is 0.993. The van der Waals surface area contributed by atoms with E-state index in [-0.39, 0.29) is 5.63 Å². The van der Waals surface area contributed by atoms with Crippen molar-refractivity contribution in [1.82, 2.24) is 0 Å². The molecule has 1 aromatic carbocycles. The molecule has 0 aliphatic heterocycles. The Morgan fingerprint density at radius 3 is 2.64 bits per heavy atom. The zero-order valence-corrected chi connectivity index (χ0v) is 8.33. The number of fused-ring (bicyclic) bond motifs is 1. The van der Waals surface area contributed by atoms with Crippen molar-refractivity contribution in [3.63, 3.8) is 0 Å². The summed E-state index contributed by atoms with van der Waals surface area (Å²) in [6.07, 6.45) is 0.885. The molecule has 0 spiro atoms. The average Bonchev–Trinajstić information content (AvgIpc) is 2.17. The van der Waals surface area contributed by atoms with E-state index in [1.165, 1.54) is 11.6 Å². The van der Waals surface area contributed by atoms with Crippen LogP contribution in [-0.2, 0) is 6.42 Å². The molecule has 2 rings (SSSR count). The highest BCUT2D eigenvalue weighted by Crippen LogP contribution is 2.20. The van der Waals surface area contributed by atoms with Crippen molar-refractivity contribution in [1.29, 1.82) is 0 Å². The van der Waals surface area contributed by atoms with Crippen molar-refractivity contribution in [3.05, 3.63) is 45.8 Å². The maximum atomic E-state index is 11.1. The van der Waals surface area contributed by atoms with E-state index in [0.717, 1.165) is 23.0 Å². The summed E-state index contributed by atoms with van der Waals surface area (Å²) in [7, 11) is 0. The Balaban J connectivity index is 2.91. The third kappa shape index (κ3) is 1.33. The topological polar surface area (TPSA) is 30.2 Å². The van der Waals surface area contributed by atoms with Crippen molar-refractivity contribution in [2.24, 2.45) is 0 Å². The maximum absolute atomic E-state index is 11.1. The summed E-state index contributed by atoms with van der Waals surface area (Å²) in [6.45, 7) is 4.10. The van der Waals surface area contributed by atoms with Gasteiger partial charge in [-0.1, -0.05) is 19.1 Å². The lowest BCUT2D eigenvalue weighted by molar-refractivity contribution is 0.557. The molecule has 72 valence electrons. The van der Waals surface area contributed by atoms with Crippen LogP contribution in [0.2, 0.25) is 0 Å². The molecule has 14 heavy (non-hydrogen) atoms. The predicted molar refractivity (Wildman–Crippen MR) is 56.6 cm³/mol.